The van der Waals surface area contributed by atoms with Crippen molar-refractivity contribution >= 4 is 6.21 Å². The molecule has 0 aromatic carbocycles. The fraction of sp³-hybridized carbons (Fsp3) is 0.571. The number of allylic oxidation sites excluding steroid dienone is 1. The van der Waals surface area contributed by atoms with Crippen LogP contribution in [0.25, 0.3) is 0 Å². The van der Waals surface area contributed by atoms with Crippen molar-refractivity contribution in [1.29, 1.82) is 0 Å². The van der Waals surface area contributed by atoms with E-state index in [4.69, 9.17) is 0 Å². The molecule has 0 rings (SSSR count). The summed E-state index contributed by atoms with van der Waals surface area (Å²) < 4.78 is 0. The second-order valence-corrected chi connectivity index (χ2v) is 1.56. The van der Waals surface area contributed by atoms with Crippen LogP contribution in [0.2, 0.25) is 0 Å². The minimum Gasteiger partial charge on any atom is -0.391 e. The molecule has 0 spiro atoms. The lowest BCUT2D eigenvalue weighted by molar-refractivity contribution is 0.920. The summed E-state index contributed by atoms with van der Waals surface area (Å²) in [6.45, 7) is 5.89. The van der Waals surface area contributed by atoms with Gasteiger partial charge >= 0.3 is 0 Å². The molecule has 0 radical (unpaired) electrons. The van der Waals surface area contributed by atoms with Crippen LogP contribution >= 0.6 is 0 Å². The average Bonchev–Trinajstić information content (AvgIpc) is 1.89. The van der Waals surface area contributed by atoms with Crippen LogP contribution in [-0.4, -0.2) is 19.3 Å². The molecule has 9 heavy (non-hydrogen) atoms. The van der Waals surface area contributed by atoms with Crippen molar-refractivity contribution in [1.82, 2.24) is 5.32 Å². The predicted molar refractivity (Wildman–Crippen MR) is 41.8 cm³/mol. The van der Waals surface area contributed by atoms with Gasteiger partial charge in [-0.15, -0.1) is 0 Å². The van der Waals surface area contributed by atoms with Gasteiger partial charge in [-0.05, 0) is 26.1 Å². The number of hydrogen-bond donors (Lipinski definition) is 1. The van der Waals surface area contributed by atoms with E-state index in [1.54, 1.807) is 6.21 Å². The van der Waals surface area contributed by atoms with Gasteiger partial charge in [-0.2, -0.15) is 0 Å². The summed E-state index contributed by atoms with van der Waals surface area (Å²) in [5.74, 6) is 0. The molecule has 2 nitrogen and oxygen atoms in total. The summed E-state index contributed by atoms with van der Waals surface area (Å²) in [6.07, 6.45) is 5.58. The van der Waals surface area contributed by atoms with E-state index in [2.05, 4.69) is 17.2 Å². The molecule has 52 valence electrons. The molecule has 0 aromatic heterocycles. The quantitative estimate of drug-likeness (QED) is 0.562. The maximum Gasteiger partial charge on any atom is 0.0360 e. The van der Waals surface area contributed by atoms with Gasteiger partial charge in [0.05, 0.1) is 0 Å². The summed E-state index contributed by atoms with van der Waals surface area (Å²) in [5.41, 5.74) is 0. The zero-order valence-corrected chi connectivity index (χ0v) is 6.09. The van der Waals surface area contributed by atoms with E-state index in [0.29, 0.717) is 0 Å². The highest BCUT2D eigenvalue weighted by atomic mass is 14.8. The number of nitrogens with zero attached hydrogens (tertiary/aromatic N) is 1. The molecular weight excluding hydrogens is 112 g/mol. The Bertz CT molecular complexity index is 95.1. The molecule has 0 fully saturated rings. The van der Waals surface area contributed by atoms with E-state index in [1.165, 1.54) is 0 Å². The SMILES string of the molecule is CCN=C/C=C/NCC. The predicted octanol–water partition coefficient (Wildman–Crippen LogP) is 1.20. The van der Waals surface area contributed by atoms with Gasteiger partial charge in [-0.1, -0.05) is 0 Å². The third-order valence-corrected chi connectivity index (χ3v) is 0.792. The van der Waals surface area contributed by atoms with Gasteiger partial charge < -0.3 is 5.32 Å². The minimum absolute atomic E-state index is 0.858. The van der Waals surface area contributed by atoms with Crippen LogP contribution in [0.5, 0.6) is 0 Å². The topological polar surface area (TPSA) is 24.4 Å². The van der Waals surface area contributed by atoms with Crippen molar-refractivity contribution in [3.8, 4) is 0 Å². The Morgan fingerprint density at radius 3 is 2.78 bits per heavy atom. The third kappa shape index (κ3) is 7.21. The molecule has 0 saturated heterocycles. The summed E-state index contributed by atoms with van der Waals surface area (Å²) >= 11 is 0. The average molecular weight is 126 g/mol. The lowest BCUT2D eigenvalue weighted by atomic mass is 10.6. The van der Waals surface area contributed by atoms with E-state index >= 15 is 0 Å². The maximum absolute atomic E-state index is 3.99. The van der Waals surface area contributed by atoms with Gasteiger partial charge in [0, 0.05) is 19.3 Å². The monoisotopic (exact) mass is 126 g/mol. The Kier molecular flexibility index (Phi) is 6.58. The Morgan fingerprint density at radius 1 is 1.44 bits per heavy atom. The highest BCUT2D eigenvalue weighted by molar-refractivity contribution is 5.70. The first-order valence-corrected chi connectivity index (χ1v) is 3.30. The van der Waals surface area contributed by atoms with Crippen molar-refractivity contribution in [3.63, 3.8) is 0 Å². The molecule has 1 N–H and O–H groups in total. The molecule has 0 saturated carbocycles. The molecule has 0 heterocycles. The van der Waals surface area contributed by atoms with Gasteiger partial charge in [-0.3, -0.25) is 4.99 Å². The van der Waals surface area contributed by atoms with Crippen LogP contribution in [-0.2, 0) is 0 Å². The number of aliphatic imine (C=N–C) groups is 1. The van der Waals surface area contributed by atoms with Crippen LogP contribution in [0.15, 0.2) is 17.3 Å². The number of rotatable bonds is 4. The zero-order chi connectivity index (χ0) is 6.95. The van der Waals surface area contributed by atoms with Crippen molar-refractivity contribution in [3.05, 3.63) is 12.3 Å². The molecule has 0 aromatic rings. The first-order chi connectivity index (χ1) is 4.41. The molecule has 2 heteroatoms. The maximum atomic E-state index is 3.99. The van der Waals surface area contributed by atoms with Crippen LogP contribution in [0.1, 0.15) is 13.8 Å². The Balaban J connectivity index is 3.13. The van der Waals surface area contributed by atoms with E-state index in [0.717, 1.165) is 13.1 Å². The van der Waals surface area contributed by atoms with Crippen LogP contribution in [0, 0.1) is 0 Å². The van der Waals surface area contributed by atoms with Crippen molar-refractivity contribution in [2.24, 2.45) is 4.99 Å². The minimum atomic E-state index is 0.858. The first-order valence-electron chi connectivity index (χ1n) is 3.30. The summed E-state index contributed by atoms with van der Waals surface area (Å²) in [5, 5.41) is 3.04. The van der Waals surface area contributed by atoms with Crippen molar-refractivity contribution < 1.29 is 0 Å². The number of hydrogen-bond acceptors (Lipinski definition) is 2. The van der Waals surface area contributed by atoms with E-state index < -0.39 is 0 Å². The highest BCUT2D eigenvalue weighted by Crippen LogP contribution is 1.65. The standard InChI is InChI=1S/C7H14N2/c1-3-8-6-5-7-9-4-2/h5-8H,3-4H2,1-2H3/b6-5+,9-7?. The van der Waals surface area contributed by atoms with E-state index in [1.807, 2.05) is 19.2 Å². The Labute approximate surface area is 56.7 Å². The van der Waals surface area contributed by atoms with Crippen LogP contribution in [0.3, 0.4) is 0 Å². The molecule has 0 aliphatic rings. The lowest BCUT2D eigenvalue weighted by Gasteiger charge is -1.86. The second-order valence-electron chi connectivity index (χ2n) is 1.56. The van der Waals surface area contributed by atoms with Gasteiger partial charge in [0.25, 0.3) is 0 Å². The summed E-state index contributed by atoms with van der Waals surface area (Å²) in [6, 6.07) is 0. The largest absolute Gasteiger partial charge is 0.391 e. The molecule has 0 atom stereocenters. The number of nitrogens with one attached hydrogen (secondary N) is 1. The summed E-state index contributed by atoms with van der Waals surface area (Å²) in [4.78, 5) is 3.99. The van der Waals surface area contributed by atoms with Crippen LogP contribution in [0.4, 0.5) is 0 Å². The smallest absolute Gasteiger partial charge is 0.0360 e. The lowest BCUT2D eigenvalue weighted by Crippen LogP contribution is -2.01. The first kappa shape index (κ1) is 8.21. The van der Waals surface area contributed by atoms with Gasteiger partial charge in [0.1, 0.15) is 0 Å². The molecule has 0 bridgehead atoms. The van der Waals surface area contributed by atoms with E-state index in [-0.39, 0.29) is 0 Å². The fourth-order valence-corrected chi connectivity index (χ4v) is 0.395. The Hall–Kier alpha value is -0.790. The summed E-state index contributed by atoms with van der Waals surface area (Å²) in [7, 11) is 0. The van der Waals surface area contributed by atoms with Crippen molar-refractivity contribution in [2.75, 3.05) is 13.1 Å². The molecule has 0 unspecified atom stereocenters. The Morgan fingerprint density at radius 2 is 2.22 bits per heavy atom. The van der Waals surface area contributed by atoms with Crippen molar-refractivity contribution in [2.45, 2.75) is 13.8 Å². The van der Waals surface area contributed by atoms with Gasteiger partial charge in [0.2, 0.25) is 0 Å². The highest BCUT2D eigenvalue weighted by Gasteiger charge is 1.64. The molecule has 0 aliphatic carbocycles. The fourth-order valence-electron chi connectivity index (χ4n) is 0.395. The molecule has 0 amide bonds. The normalized spacial score (nSPS) is 11.3. The second kappa shape index (κ2) is 7.21. The zero-order valence-electron chi connectivity index (χ0n) is 6.09. The van der Waals surface area contributed by atoms with E-state index in [9.17, 15) is 0 Å². The van der Waals surface area contributed by atoms with Crippen LogP contribution < -0.4 is 5.32 Å². The van der Waals surface area contributed by atoms with Gasteiger partial charge in [0.15, 0.2) is 0 Å². The molecular formula is C7H14N2. The third-order valence-electron chi connectivity index (χ3n) is 0.792. The van der Waals surface area contributed by atoms with Gasteiger partial charge in [-0.25, -0.2) is 0 Å². The molecule has 0 aliphatic heterocycles.